The summed E-state index contributed by atoms with van der Waals surface area (Å²) in [6.07, 6.45) is 1.64. The van der Waals surface area contributed by atoms with Crippen LogP contribution >= 0.6 is 11.3 Å². The Balaban J connectivity index is 1.67. The number of hydrogen-bond acceptors (Lipinski definition) is 8. The number of Topliss-reactive ketones (excluding diaryl/α,β-unsaturated/α-hetero) is 1. The zero-order valence-electron chi connectivity index (χ0n) is 21.6. The molecule has 0 saturated carbocycles. The highest BCUT2D eigenvalue weighted by Crippen LogP contribution is 2.45. The number of aryl methyl sites for hydroxylation is 1. The van der Waals surface area contributed by atoms with Gasteiger partial charge in [-0.3, -0.25) is 14.5 Å². The van der Waals surface area contributed by atoms with E-state index in [4.69, 9.17) is 14.2 Å². The van der Waals surface area contributed by atoms with E-state index in [0.29, 0.717) is 45.6 Å². The maximum atomic E-state index is 13.5. The van der Waals surface area contributed by atoms with Crippen molar-refractivity contribution in [1.82, 2.24) is 4.98 Å². The summed E-state index contributed by atoms with van der Waals surface area (Å²) >= 11 is 1.26. The monoisotopic (exact) mass is 542 g/mol. The molecule has 5 rings (SSSR count). The molecule has 0 aliphatic carbocycles. The number of carbonyl (C=O) groups is 2. The minimum absolute atomic E-state index is 0.0267. The van der Waals surface area contributed by atoms with Crippen molar-refractivity contribution in [3.63, 3.8) is 0 Å². The van der Waals surface area contributed by atoms with Crippen LogP contribution in [0, 0.1) is 6.92 Å². The third kappa shape index (κ3) is 4.72. The predicted molar refractivity (Wildman–Crippen MR) is 151 cm³/mol. The van der Waals surface area contributed by atoms with E-state index in [-0.39, 0.29) is 11.3 Å². The fourth-order valence-corrected chi connectivity index (χ4v) is 5.57. The van der Waals surface area contributed by atoms with E-state index < -0.39 is 17.7 Å². The van der Waals surface area contributed by atoms with Crippen LogP contribution in [0.5, 0.6) is 17.2 Å². The van der Waals surface area contributed by atoms with Gasteiger partial charge in [-0.2, -0.15) is 0 Å². The normalized spacial score (nSPS) is 16.5. The van der Waals surface area contributed by atoms with Crippen molar-refractivity contribution in [1.29, 1.82) is 0 Å². The number of aliphatic hydroxyl groups is 1. The predicted octanol–water partition coefficient (Wildman–Crippen LogP) is 5.81. The second kappa shape index (κ2) is 10.6. The zero-order valence-corrected chi connectivity index (χ0v) is 22.5. The molecule has 1 aliphatic rings. The van der Waals surface area contributed by atoms with Gasteiger partial charge in [0.05, 0.1) is 36.1 Å². The largest absolute Gasteiger partial charge is 0.507 e. The summed E-state index contributed by atoms with van der Waals surface area (Å²) in [5.41, 5.74) is 2.42. The molecule has 8 nitrogen and oxygen atoms in total. The lowest BCUT2D eigenvalue weighted by molar-refractivity contribution is -0.132. The van der Waals surface area contributed by atoms with Gasteiger partial charge in [-0.25, -0.2) is 4.98 Å². The van der Waals surface area contributed by atoms with E-state index in [1.807, 2.05) is 13.0 Å². The number of rotatable bonds is 8. The number of nitrogens with zero attached hydrogens (tertiary/aromatic N) is 2. The summed E-state index contributed by atoms with van der Waals surface area (Å²) in [7, 11) is 3.13. The first-order chi connectivity index (χ1) is 18.9. The Morgan fingerprint density at radius 2 is 1.79 bits per heavy atom. The number of aromatic nitrogens is 1. The lowest BCUT2D eigenvalue weighted by atomic mass is 9.95. The third-order valence-electron chi connectivity index (χ3n) is 6.47. The minimum atomic E-state index is -0.914. The van der Waals surface area contributed by atoms with Gasteiger partial charge in [-0.05, 0) is 66.6 Å². The molecule has 1 amide bonds. The Labute approximate surface area is 229 Å². The molecular weight excluding hydrogens is 516 g/mol. The fourth-order valence-electron chi connectivity index (χ4n) is 4.55. The van der Waals surface area contributed by atoms with E-state index in [1.54, 1.807) is 74.9 Å². The average Bonchev–Trinajstić information content (AvgIpc) is 3.49. The van der Waals surface area contributed by atoms with Gasteiger partial charge in [0.2, 0.25) is 0 Å². The molecule has 1 fully saturated rings. The van der Waals surface area contributed by atoms with Crippen molar-refractivity contribution in [2.45, 2.75) is 13.0 Å². The van der Waals surface area contributed by atoms with Gasteiger partial charge in [0, 0.05) is 5.56 Å². The molecule has 1 aliphatic heterocycles. The number of fused-ring (bicyclic) bond motifs is 1. The third-order valence-corrected chi connectivity index (χ3v) is 7.48. The Bertz CT molecular complexity index is 1620. The van der Waals surface area contributed by atoms with Gasteiger partial charge in [-0.15, -0.1) is 0 Å². The molecule has 39 heavy (non-hydrogen) atoms. The van der Waals surface area contributed by atoms with E-state index in [1.165, 1.54) is 16.2 Å². The quantitative estimate of drug-likeness (QED) is 0.130. The summed E-state index contributed by atoms with van der Waals surface area (Å²) in [5, 5.41) is 11.8. The Morgan fingerprint density at radius 3 is 2.46 bits per heavy atom. The Morgan fingerprint density at radius 1 is 1.05 bits per heavy atom. The van der Waals surface area contributed by atoms with Crippen molar-refractivity contribution in [2.24, 2.45) is 0 Å². The Hall–Kier alpha value is -4.63. The van der Waals surface area contributed by atoms with Crippen LogP contribution in [0.1, 0.15) is 22.7 Å². The van der Waals surface area contributed by atoms with E-state index in [0.717, 1.165) is 10.3 Å². The van der Waals surface area contributed by atoms with Gasteiger partial charge in [0.1, 0.15) is 29.6 Å². The van der Waals surface area contributed by atoms with Crippen LogP contribution in [0.3, 0.4) is 0 Å². The first-order valence-electron chi connectivity index (χ1n) is 12.1. The molecular formula is C30H26N2O6S. The molecule has 9 heteroatoms. The number of hydrogen-bond donors (Lipinski definition) is 1. The molecule has 0 unspecified atom stereocenters. The second-order valence-corrected chi connectivity index (χ2v) is 9.86. The molecule has 2 heterocycles. The molecule has 1 saturated heterocycles. The van der Waals surface area contributed by atoms with Gasteiger partial charge in [0.25, 0.3) is 5.78 Å². The van der Waals surface area contributed by atoms with E-state index in [9.17, 15) is 14.7 Å². The first-order valence-corrected chi connectivity index (χ1v) is 12.9. The van der Waals surface area contributed by atoms with Crippen LogP contribution in [0.15, 0.2) is 78.9 Å². The number of methoxy groups -OCH3 is 2. The highest BCUT2D eigenvalue weighted by Gasteiger charge is 2.48. The van der Waals surface area contributed by atoms with Gasteiger partial charge in [-0.1, -0.05) is 36.1 Å². The maximum absolute atomic E-state index is 13.5. The molecule has 0 radical (unpaired) electrons. The molecule has 4 aromatic rings. The van der Waals surface area contributed by atoms with Gasteiger partial charge >= 0.3 is 5.91 Å². The topological polar surface area (TPSA) is 98.2 Å². The average molecular weight is 543 g/mol. The summed E-state index contributed by atoms with van der Waals surface area (Å²) in [6.45, 7) is 5.83. The number of benzene rings is 3. The van der Waals surface area contributed by atoms with Crippen LogP contribution < -0.4 is 19.1 Å². The first kappa shape index (κ1) is 26.0. The minimum Gasteiger partial charge on any atom is -0.507 e. The molecule has 0 spiro atoms. The van der Waals surface area contributed by atoms with E-state index >= 15 is 0 Å². The van der Waals surface area contributed by atoms with E-state index in [2.05, 4.69) is 11.6 Å². The van der Waals surface area contributed by atoms with Crippen molar-refractivity contribution in [2.75, 3.05) is 25.7 Å². The SMILES string of the molecule is C=CCOc1ccc([C@@H]2C(=C(O)c3ccc(OC)c(C)c3)C(=O)C(=O)N2c2nc3ccc(OC)cc3s2)cc1. The highest BCUT2D eigenvalue weighted by molar-refractivity contribution is 7.22. The summed E-state index contributed by atoms with van der Waals surface area (Å²) in [6, 6.07) is 16.6. The molecule has 1 atom stereocenters. The summed E-state index contributed by atoms with van der Waals surface area (Å²) < 4.78 is 17.1. The molecule has 0 bridgehead atoms. The summed E-state index contributed by atoms with van der Waals surface area (Å²) in [4.78, 5) is 33.0. The molecule has 1 N–H and O–H groups in total. The fraction of sp³-hybridized carbons (Fsp3) is 0.167. The van der Waals surface area contributed by atoms with Crippen molar-refractivity contribution in [3.8, 4) is 17.2 Å². The van der Waals surface area contributed by atoms with Crippen molar-refractivity contribution >= 4 is 44.1 Å². The lowest BCUT2D eigenvalue weighted by Gasteiger charge is -2.23. The number of ether oxygens (including phenoxy) is 3. The highest BCUT2D eigenvalue weighted by atomic mass is 32.1. The smallest absolute Gasteiger partial charge is 0.301 e. The molecule has 198 valence electrons. The maximum Gasteiger partial charge on any atom is 0.301 e. The van der Waals surface area contributed by atoms with Crippen LogP contribution in [-0.2, 0) is 9.59 Å². The number of carbonyl (C=O) groups excluding carboxylic acids is 2. The molecule has 1 aromatic heterocycles. The van der Waals surface area contributed by atoms with Crippen molar-refractivity contribution < 1.29 is 28.9 Å². The number of thiazole rings is 1. The van der Waals surface area contributed by atoms with Crippen LogP contribution in [0.2, 0.25) is 0 Å². The standard InChI is InChI=1S/C30H26N2O6S/c1-5-14-38-20-9-6-18(7-10-20)26-25(27(33)19-8-13-23(37-4)17(2)15-19)28(34)29(35)32(26)30-31-22-12-11-21(36-3)16-24(22)39-30/h5-13,15-16,26,33H,1,14H2,2-4H3/t26-/m1/s1. The number of amides is 1. The van der Waals surface area contributed by atoms with Crippen LogP contribution in [0.25, 0.3) is 16.0 Å². The van der Waals surface area contributed by atoms with Crippen molar-refractivity contribution in [3.05, 3.63) is 95.6 Å². The lowest BCUT2D eigenvalue weighted by Crippen LogP contribution is -2.29. The number of aliphatic hydroxyl groups excluding tert-OH is 1. The van der Waals surface area contributed by atoms with Crippen LogP contribution in [-0.4, -0.2) is 42.6 Å². The second-order valence-electron chi connectivity index (χ2n) is 8.85. The van der Waals surface area contributed by atoms with Crippen LogP contribution in [0.4, 0.5) is 5.13 Å². The molecule has 3 aromatic carbocycles. The number of ketones is 1. The number of anilines is 1. The van der Waals surface area contributed by atoms with Gasteiger partial charge in [0.15, 0.2) is 5.13 Å². The van der Waals surface area contributed by atoms with Gasteiger partial charge < -0.3 is 19.3 Å². The Kier molecular flexibility index (Phi) is 7.08. The zero-order chi connectivity index (χ0) is 27.7. The summed E-state index contributed by atoms with van der Waals surface area (Å²) in [5.74, 6) is 0.0549.